The summed E-state index contributed by atoms with van der Waals surface area (Å²) >= 11 is 0. The molecule has 2 aliphatic rings. The summed E-state index contributed by atoms with van der Waals surface area (Å²) in [5.41, 5.74) is 1.02. The Morgan fingerprint density at radius 1 is 1.38 bits per heavy atom. The minimum absolute atomic E-state index is 0.130. The third-order valence-electron chi connectivity index (χ3n) is 4.99. The van der Waals surface area contributed by atoms with E-state index >= 15 is 0 Å². The predicted octanol–water partition coefficient (Wildman–Crippen LogP) is 2.06. The second kappa shape index (κ2) is 7.38. The number of urea groups is 1. The number of rotatable bonds is 6. The van der Waals surface area contributed by atoms with E-state index in [0.717, 1.165) is 38.0 Å². The van der Waals surface area contributed by atoms with Crippen molar-refractivity contribution < 1.29 is 14.3 Å². The van der Waals surface area contributed by atoms with Crippen molar-refractivity contribution in [3.05, 3.63) is 30.1 Å². The molecule has 2 unspecified atom stereocenters. The van der Waals surface area contributed by atoms with Gasteiger partial charge in [0.25, 0.3) is 0 Å². The highest BCUT2D eigenvalue weighted by atomic mass is 19.1. The van der Waals surface area contributed by atoms with Gasteiger partial charge in [-0.2, -0.15) is 0 Å². The lowest BCUT2D eigenvalue weighted by Crippen LogP contribution is -2.43. The molecule has 2 amide bonds. The van der Waals surface area contributed by atoms with Crippen LogP contribution in [0.1, 0.15) is 19.3 Å². The van der Waals surface area contributed by atoms with E-state index in [2.05, 4.69) is 10.2 Å². The molecule has 1 aliphatic heterocycles. The Kier molecular flexibility index (Phi) is 5.23. The van der Waals surface area contributed by atoms with Crippen molar-refractivity contribution in [2.45, 2.75) is 25.4 Å². The number of likely N-dealkylation sites (N-methyl/N-ethyl adjacent to an activating group) is 1. The van der Waals surface area contributed by atoms with Crippen LogP contribution >= 0.6 is 0 Å². The largest absolute Gasteiger partial charge is 0.391 e. The summed E-state index contributed by atoms with van der Waals surface area (Å²) in [6.45, 7) is 2.80. The molecule has 1 aromatic rings. The lowest BCUT2D eigenvalue weighted by atomic mass is 10.1. The fourth-order valence-corrected chi connectivity index (χ4v) is 3.25. The summed E-state index contributed by atoms with van der Waals surface area (Å²) in [6, 6.07) is 6.41. The first kappa shape index (κ1) is 17.0. The smallest absolute Gasteiger partial charge is 0.317 e. The first-order valence-electron chi connectivity index (χ1n) is 8.70. The lowest BCUT2D eigenvalue weighted by molar-refractivity contribution is 0.113. The van der Waals surface area contributed by atoms with Crippen LogP contribution in [-0.4, -0.2) is 55.4 Å². The van der Waals surface area contributed by atoms with Crippen molar-refractivity contribution in [3.63, 3.8) is 0 Å². The molecule has 6 heteroatoms. The highest BCUT2D eigenvalue weighted by Crippen LogP contribution is 2.32. The number of carbonyl (C=O) groups excluding carboxylic acids is 1. The topological polar surface area (TPSA) is 55.8 Å². The van der Waals surface area contributed by atoms with Gasteiger partial charge in [-0.25, -0.2) is 9.18 Å². The summed E-state index contributed by atoms with van der Waals surface area (Å²) in [6.07, 6.45) is 2.74. The van der Waals surface area contributed by atoms with Gasteiger partial charge in [0.05, 0.1) is 6.10 Å². The summed E-state index contributed by atoms with van der Waals surface area (Å²) in [4.78, 5) is 15.9. The van der Waals surface area contributed by atoms with Crippen molar-refractivity contribution in [1.29, 1.82) is 0 Å². The summed E-state index contributed by atoms with van der Waals surface area (Å²) < 4.78 is 13.0. The first-order chi connectivity index (χ1) is 11.5. The third kappa shape index (κ3) is 4.38. The first-order valence-corrected chi connectivity index (χ1v) is 8.70. The average Bonchev–Trinajstić information content (AvgIpc) is 3.32. The van der Waals surface area contributed by atoms with Gasteiger partial charge in [0.15, 0.2) is 0 Å². The summed E-state index contributed by atoms with van der Waals surface area (Å²) in [5.74, 6) is 0.540. The Bertz CT molecular complexity index is 562. The molecule has 1 saturated carbocycles. The van der Waals surface area contributed by atoms with E-state index in [1.807, 2.05) is 0 Å². The van der Waals surface area contributed by atoms with Gasteiger partial charge in [-0.3, -0.25) is 0 Å². The highest BCUT2D eigenvalue weighted by molar-refractivity contribution is 5.73. The Morgan fingerprint density at radius 2 is 2.08 bits per heavy atom. The molecule has 1 aliphatic carbocycles. The predicted molar refractivity (Wildman–Crippen MR) is 91.5 cm³/mol. The molecule has 2 fully saturated rings. The van der Waals surface area contributed by atoms with E-state index in [1.54, 1.807) is 24.1 Å². The summed E-state index contributed by atoms with van der Waals surface area (Å²) in [5, 5.41) is 12.9. The fourth-order valence-electron chi connectivity index (χ4n) is 3.25. The van der Waals surface area contributed by atoms with Crippen molar-refractivity contribution in [1.82, 2.24) is 10.2 Å². The maximum atomic E-state index is 13.0. The van der Waals surface area contributed by atoms with E-state index in [4.69, 9.17) is 0 Å². The minimum Gasteiger partial charge on any atom is -0.391 e. The molecule has 2 N–H and O–H groups in total. The zero-order valence-electron chi connectivity index (χ0n) is 14.1. The van der Waals surface area contributed by atoms with E-state index < -0.39 is 6.10 Å². The Morgan fingerprint density at radius 3 is 2.75 bits per heavy atom. The minimum atomic E-state index is -0.402. The number of hydrogen-bond acceptors (Lipinski definition) is 3. The Hall–Kier alpha value is -1.82. The van der Waals surface area contributed by atoms with Crippen molar-refractivity contribution in [3.8, 4) is 0 Å². The Balaban J connectivity index is 1.40. The molecule has 5 nitrogen and oxygen atoms in total. The standard InChI is InChI=1S/C18H26FN3O2/c1-21(12-17(23)14-2-3-14)18(24)20-10-13-8-9-22(11-13)16-6-4-15(19)5-7-16/h4-7,13-14,17,23H,2-3,8-12H2,1H3,(H,20,24). The zero-order chi connectivity index (χ0) is 17.1. The summed E-state index contributed by atoms with van der Waals surface area (Å²) in [7, 11) is 1.72. The van der Waals surface area contributed by atoms with Crippen LogP contribution in [0.5, 0.6) is 0 Å². The van der Waals surface area contributed by atoms with Crippen LogP contribution in [0, 0.1) is 17.7 Å². The fraction of sp³-hybridized carbons (Fsp3) is 0.611. The quantitative estimate of drug-likeness (QED) is 0.837. The average molecular weight is 335 g/mol. The monoisotopic (exact) mass is 335 g/mol. The lowest BCUT2D eigenvalue weighted by Gasteiger charge is -2.22. The van der Waals surface area contributed by atoms with Gasteiger partial charge in [-0.1, -0.05) is 0 Å². The molecular weight excluding hydrogens is 309 g/mol. The number of aliphatic hydroxyl groups is 1. The molecule has 1 saturated heterocycles. The molecule has 1 aromatic carbocycles. The molecule has 3 rings (SSSR count). The van der Waals surface area contributed by atoms with Crippen molar-refractivity contribution in [2.24, 2.45) is 11.8 Å². The number of amides is 2. The molecule has 1 heterocycles. The molecule has 0 radical (unpaired) electrons. The van der Waals surface area contributed by atoms with Gasteiger partial charge in [0.1, 0.15) is 5.82 Å². The van der Waals surface area contributed by atoms with Crippen LogP contribution in [0.2, 0.25) is 0 Å². The van der Waals surface area contributed by atoms with Gasteiger partial charge in [0, 0.05) is 38.9 Å². The van der Waals surface area contributed by atoms with Crippen molar-refractivity contribution >= 4 is 11.7 Å². The Labute approximate surface area is 142 Å². The number of benzene rings is 1. The van der Waals surface area contributed by atoms with Crippen LogP contribution in [0.4, 0.5) is 14.9 Å². The molecule has 24 heavy (non-hydrogen) atoms. The van der Waals surface area contributed by atoms with Crippen LogP contribution in [-0.2, 0) is 0 Å². The normalized spacial score (nSPS) is 21.6. The second-order valence-electron chi connectivity index (χ2n) is 7.05. The van der Waals surface area contributed by atoms with E-state index in [-0.39, 0.29) is 11.8 Å². The van der Waals surface area contributed by atoms with Crippen LogP contribution in [0.25, 0.3) is 0 Å². The molecule has 0 spiro atoms. The van der Waals surface area contributed by atoms with E-state index in [1.165, 1.54) is 12.1 Å². The maximum absolute atomic E-state index is 13.0. The number of nitrogens with zero attached hydrogens (tertiary/aromatic N) is 2. The number of halogens is 1. The molecule has 132 valence electrons. The van der Waals surface area contributed by atoms with Gasteiger partial charge in [-0.15, -0.1) is 0 Å². The van der Waals surface area contributed by atoms with Crippen LogP contribution in [0.15, 0.2) is 24.3 Å². The van der Waals surface area contributed by atoms with E-state index in [0.29, 0.717) is 24.9 Å². The third-order valence-corrected chi connectivity index (χ3v) is 4.99. The van der Waals surface area contributed by atoms with Gasteiger partial charge in [-0.05, 0) is 55.4 Å². The van der Waals surface area contributed by atoms with Crippen LogP contribution in [0.3, 0.4) is 0 Å². The molecular formula is C18H26FN3O2. The number of aliphatic hydroxyl groups excluding tert-OH is 1. The maximum Gasteiger partial charge on any atom is 0.317 e. The van der Waals surface area contributed by atoms with Gasteiger partial charge in [0.2, 0.25) is 0 Å². The number of hydrogen-bond donors (Lipinski definition) is 2. The van der Waals surface area contributed by atoms with Crippen molar-refractivity contribution in [2.75, 3.05) is 38.1 Å². The van der Waals surface area contributed by atoms with Gasteiger partial charge >= 0.3 is 6.03 Å². The SMILES string of the molecule is CN(CC(O)C1CC1)C(=O)NCC1CCN(c2ccc(F)cc2)C1. The molecule has 2 atom stereocenters. The highest BCUT2D eigenvalue weighted by Gasteiger charge is 2.31. The number of carbonyl (C=O) groups is 1. The molecule has 0 bridgehead atoms. The zero-order valence-corrected chi connectivity index (χ0v) is 14.1. The van der Waals surface area contributed by atoms with Gasteiger partial charge < -0.3 is 20.2 Å². The van der Waals surface area contributed by atoms with E-state index in [9.17, 15) is 14.3 Å². The van der Waals surface area contributed by atoms with Crippen LogP contribution < -0.4 is 10.2 Å². The molecule has 0 aromatic heterocycles. The number of nitrogens with one attached hydrogen (secondary N) is 1. The number of anilines is 1. The second-order valence-corrected chi connectivity index (χ2v) is 7.05.